The lowest BCUT2D eigenvalue weighted by Gasteiger charge is -2.11. The molecule has 0 atom stereocenters. The predicted molar refractivity (Wildman–Crippen MR) is 86.1 cm³/mol. The molecule has 2 aromatic rings. The Balaban J connectivity index is 1.64. The summed E-state index contributed by atoms with van der Waals surface area (Å²) in [6.45, 7) is 4.75. The van der Waals surface area contributed by atoms with Crippen LogP contribution >= 0.6 is 11.6 Å². The summed E-state index contributed by atoms with van der Waals surface area (Å²) in [6.07, 6.45) is 4.57. The highest BCUT2D eigenvalue weighted by molar-refractivity contribution is 6.32. The van der Waals surface area contributed by atoms with Crippen LogP contribution in [0.15, 0.2) is 36.5 Å². The summed E-state index contributed by atoms with van der Waals surface area (Å²) in [7, 11) is 0. The van der Waals surface area contributed by atoms with Crippen molar-refractivity contribution >= 4 is 11.6 Å². The molecule has 1 fully saturated rings. The van der Waals surface area contributed by atoms with Gasteiger partial charge < -0.3 is 4.74 Å². The van der Waals surface area contributed by atoms with Crippen molar-refractivity contribution in [3.63, 3.8) is 0 Å². The van der Waals surface area contributed by atoms with Crippen molar-refractivity contribution in [3.8, 4) is 5.75 Å². The van der Waals surface area contributed by atoms with E-state index < -0.39 is 0 Å². The second kappa shape index (κ2) is 6.07. The number of hydrogen-bond acceptors (Lipinski definition) is 2. The summed E-state index contributed by atoms with van der Waals surface area (Å²) in [5, 5.41) is 0.663. The van der Waals surface area contributed by atoms with E-state index in [2.05, 4.69) is 31.0 Å². The fourth-order valence-corrected chi connectivity index (χ4v) is 2.57. The molecule has 3 rings (SSSR count). The fourth-order valence-electron chi connectivity index (χ4n) is 2.32. The highest BCUT2D eigenvalue weighted by Gasteiger charge is 2.23. The summed E-state index contributed by atoms with van der Waals surface area (Å²) in [4.78, 5) is 4.46. The van der Waals surface area contributed by atoms with Crippen molar-refractivity contribution in [3.05, 3.63) is 58.4 Å². The quantitative estimate of drug-likeness (QED) is 0.746. The van der Waals surface area contributed by atoms with E-state index in [0.29, 0.717) is 23.3 Å². The van der Waals surface area contributed by atoms with E-state index in [1.54, 1.807) is 0 Å². The summed E-state index contributed by atoms with van der Waals surface area (Å²) in [5.74, 6) is 1.92. The van der Waals surface area contributed by atoms with Gasteiger partial charge in [-0.2, -0.15) is 0 Å². The van der Waals surface area contributed by atoms with Crippen molar-refractivity contribution in [2.75, 3.05) is 0 Å². The van der Waals surface area contributed by atoms with Crippen LogP contribution in [0.1, 0.15) is 55.3 Å². The van der Waals surface area contributed by atoms with Gasteiger partial charge in [0.1, 0.15) is 12.4 Å². The number of aromatic nitrogens is 1. The van der Waals surface area contributed by atoms with Gasteiger partial charge in [0, 0.05) is 6.20 Å². The summed E-state index contributed by atoms with van der Waals surface area (Å²) < 4.78 is 5.78. The summed E-state index contributed by atoms with van der Waals surface area (Å²) >= 11 is 6.27. The first kappa shape index (κ1) is 14.4. The number of ether oxygens (including phenoxy) is 1. The maximum Gasteiger partial charge on any atom is 0.138 e. The molecular weight excluding hydrogens is 282 g/mol. The molecule has 0 radical (unpaired) electrons. The van der Waals surface area contributed by atoms with Crippen LogP contribution in [0.3, 0.4) is 0 Å². The number of halogens is 1. The largest absolute Gasteiger partial charge is 0.486 e. The molecule has 110 valence electrons. The van der Waals surface area contributed by atoms with Gasteiger partial charge in [0.05, 0.1) is 10.7 Å². The zero-order valence-corrected chi connectivity index (χ0v) is 13.2. The molecule has 1 aromatic heterocycles. The van der Waals surface area contributed by atoms with Crippen LogP contribution in [0.5, 0.6) is 5.75 Å². The van der Waals surface area contributed by atoms with Gasteiger partial charge in [0.15, 0.2) is 0 Å². The van der Waals surface area contributed by atoms with E-state index in [-0.39, 0.29) is 0 Å². The fraction of sp³-hybridized carbons (Fsp3) is 0.389. The Bertz CT molecular complexity index is 618. The summed E-state index contributed by atoms with van der Waals surface area (Å²) in [6, 6.07) is 10.2. The first-order valence-electron chi connectivity index (χ1n) is 7.50. The standard InChI is InChI=1S/C18H20ClNO/c1-12(2)14-6-8-18(17(19)9-14)21-11-16-7-5-15(10-20-16)13-3-4-13/h5-10,12-13H,3-4,11H2,1-2H3. The first-order chi connectivity index (χ1) is 10.1. The molecular formula is C18H20ClNO. The Morgan fingerprint density at radius 1 is 1.24 bits per heavy atom. The molecule has 1 aliphatic rings. The van der Waals surface area contributed by atoms with E-state index in [4.69, 9.17) is 16.3 Å². The van der Waals surface area contributed by atoms with Crippen LogP contribution < -0.4 is 4.74 Å². The minimum Gasteiger partial charge on any atom is -0.486 e. The molecule has 1 heterocycles. The van der Waals surface area contributed by atoms with E-state index >= 15 is 0 Å². The highest BCUT2D eigenvalue weighted by Crippen LogP contribution is 2.39. The maximum atomic E-state index is 6.27. The van der Waals surface area contributed by atoms with Crippen LogP contribution in [0.25, 0.3) is 0 Å². The Labute approximate surface area is 131 Å². The van der Waals surface area contributed by atoms with Crippen molar-refractivity contribution in [2.24, 2.45) is 0 Å². The highest BCUT2D eigenvalue weighted by atomic mass is 35.5. The van der Waals surface area contributed by atoms with Gasteiger partial charge in [0.25, 0.3) is 0 Å². The SMILES string of the molecule is CC(C)c1ccc(OCc2ccc(C3CC3)cn2)c(Cl)c1. The number of benzene rings is 1. The van der Waals surface area contributed by atoms with Crippen LogP contribution in [0.4, 0.5) is 0 Å². The molecule has 0 aliphatic heterocycles. The third-order valence-corrected chi connectivity index (χ3v) is 4.19. The van der Waals surface area contributed by atoms with Crippen molar-refractivity contribution in [2.45, 2.75) is 45.1 Å². The van der Waals surface area contributed by atoms with Gasteiger partial charge in [-0.3, -0.25) is 4.98 Å². The Kier molecular flexibility index (Phi) is 4.16. The van der Waals surface area contributed by atoms with Crippen LogP contribution in [-0.4, -0.2) is 4.98 Å². The second-order valence-corrected chi connectivity index (χ2v) is 6.40. The van der Waals surface area contributed by atoms with Gasteiger partial charge >= 0.3 is 0 Å². The van der Waals surface area contributed by atoms with Crippen molar-refractivity contribution < 1.29 is 4.74 Å². The average Bonchev–Trinajstić information content (AvgIpc) is 3.31. The van der Waals surface area contributed by atoms with Crippen LogP contribution in [-0.2, 0) is 6.61 Å². The lowest BCUT2D eigenvalue weighted by Crippen LogP contribution is -1.99. The molecule has 3 heteroatoms. The van der Waals surface area contributed by atoms with E-state index in [9.17, 15) is 0 Å². The average molecular weight is 302 g/mol. The zero-order valence-electron chi connectivity index (χ0n) is 12.5. The van der Waals surface area contributed by atoms with Crippen LogP contribution in [0, 0.1) is 0 Å². The van der Waals surface area contributed by atoms with E-state index in [1.807, 2.05) is 24.4 Å². The number of rotatable bonds is 5. The van der Waals surface area contributed by atoms with Gasteiger partial charge in [-0.1, -0.05) is 37.6 Å². The van der Waals surface area contributed by atoms with E-state index in [1.165, 1.54) is 24.0 Å². The van der Waals surface area contributed by atoms with E-state index in [0.717, 1.165) is 11.6 Å². The van der Waals surface area contributed by atoms with Gasteiger partial charge in [0.2, 0.25) is 0 Å². The lowest BCUT2D eigenvalue weighted by atomic mass is 10.0. The molecule has 1 saturated carbocycles. The molecule has 0 bridgehead atoms. The minimum atomic E-state index is 0.450. The zero-order chi connectivity index (χ0) is 14.8. The molecule has 0 N–H and O–H groups in total. The third kappa shape index (κ3) is 3.56. The Morgan fingerprint density at radius 3 is 2.62 bits per heavy atom. The number of hydrogen-bond donors (Lipinski definition) is 0. The first-order valence-corrected chi connectivity index (χ1v) is 7.88. The van der Waals surface area contributed by atoms with Gasteiger partial charge in [-0.25, -0.2) is 0 Å². The smallest absolute Gasteiger partial charge is 0.138 e. The Hall–Kier alpha value is -1.54. The van der Waals surface area contributed by atoms with Gasteiger partial charge in [-0.05, 0) is 54.0 Å². The summed E-state index contributed by atoms with van der Waals surface area (Å²) in [5.41, 5.74) is 3.50. The topological polar surface area (TPSA) is 22.1 Å². The molecule has 21 heavy (non-hydrogen) atoms. The number of pyridine rings is 1. The van der Waals surface area contributed by atoms with Gasteiger partial charge in [-0.15, -0.1) is 0 Å². The molecule has 1 aliphatic carbocycles. The molecule has 2 nitrogen and oxygen atoms in total. The minimum absolute atomic E-state index is 0.450. The molecule has 0 amide bonds. The normalized spacial score (nSPS) is 14.5. The maximum absolute atomic E-state index is 6.27. The Morgan fingerprint density at radius 2 is 2.05 bits per heavy atom. The monoisotopic (exact) mass is 301 g/mol. The molecule has 0 spiro atoms. The lowest BCUT2D eigenvalue weighted by molar-refractivity contribution is 0.301. The second-order valence-electron chi connectivity index (χ2n) is 5.99. The third-order valence-electron chi connectivity index (χ3n) is 3.89. The van der Waals surface area contributed by atoms with Crippen LogP contribution in [0.2, 0.25) is 5.02 Å². The van der Waals surface area contributed by atoms with Crippen molar-refractivity contribution in [1.82, 2.24) is 4.98 Å². The predicted octanol–water partition coefficient (Wildman–Crippen LogP) is 5.31. The molecule has 0 saturated heterocycles. The molecule has 0 unspecified atom stereocenters. The van der Waals surface area contributed by atoms with Crippen molar-refractivity contribution in [1.29, 1.82) is 0 Å². The number of nitrogens with zero attached hydrogens (tertiary/aromatic N) is 1. The molecule has 1 aromatic carbocycles.